The predicted octanol–water partition coefficient (Wildman–Crippen LogP) is 2.64. The molecule has 0 bridgehead atoms. The van der Waals surface area contributed by atoms with Crippen molar-refractivity contribution in [1.29, 1.82) is 5.26 Å². The highest BCUT2D eigenvalue weighted by molar-refractivity contribution is 5.28. The molecular formula is C17H23N5. The van der Waals surface area contributed by atoms with Crippen LogP contribution in [0.4, 0.5) is 0 Å². The molecule has 3 rings (SSSR count). The second-order valence-corrected chi connectivity index (χ2v) is 6.18. The van der Waals surface area contributed by atoms with Crippen LogP contribution in [-0.2, 0) is 13.1 Å². The Morgan fingerprint density at radius 2 is 2.18 bits per heavy atom. The van der Waals surface area contributed by atoms with Crippen LogP contribution in [-0.4, -0.2) is 32.3 Å². The molecule has 1 aliphatic heterocycles. The smallest absolute Gasteiger partial charge is 0.120 e. The van der Waals surface area contributed by atoms with E-state index >= 15 is 0 Å². The van der Waals surface area contributed by atoms with Crippen LogP contribution in [0, 0.1) is 25.2 Å². The van der Waals surface area contributed by atoms with Crippen molar-refractivity contribution in [2.75, 3.05) is 13.1 Å². The van der Waals surface area contributed by atoms with Gasteiger partial charge in [-0.05, 0) is 44.9 Å². The molecule has 5 heteroatoms. The molecule has 0 N–H and O–H groups in total. The minimum Gasteiger partial charge on any atom is -0.339 e. The molecule has 0 aromatic carbocycles. The third-order valence-corrected chi connectivity index (χ3v) is 4.45. The second-order valence-electron chi connectivity index (χ2n) is 6.18. The Kier molecular flexibility index (Phi) is 4.04. The van der Waals surface area contributed by atoms with Gasteiger partial charge >= 0.3 is 0 Å². The zero-order valence-corrected chi connectivity index (χ0v) is 13.6. The van der Waals surface area contributed by atoms with Gasteiger partial charge in [0.2, 0.25) is 0 Å². The number of nitriles is 1. The Hall–Kier alpha value is -2.06. The van der Waals surface area contributed by atoms with Crippen molar-refractivity contribution in [3.8, 4) is 6.07 Å². The van der Waals surface area contributed by atoms with Gasteiger partial charge in [-0.15, -0.1) is 0 Å². The lowest BCUT2D eigenvalue weighted by atomic mass is 10.2. The molecule has 1 atom stereocenters. The molecule has 2 aromatic heterocycles. The fourth-order valence-corrected chi connectivity index (χ4v) is 3.44. The monoisotopic (exact) mass is 297 g/mol. The van der Waals surface area contributed by atoms with Gasteiger partial charge in [0.25, 0.3) is 0 Å². The number of aryl methyl sites for hydroxylation is 3. The normalized spacial score (nSPS) is 18.7. The molecule has 0 spiro atoms. The Labute approximate surface area is 131 Å². The minimum atomic E-state index is 0.470. The summed E-state index contributed by atoms with van der Waals surface area (Å²) in [5.74, 6) is 0. The zero-order chi connectivity index (χ0) is 15.7. The highest BCUT2D eigenvalue weighted by atomic mass is 15.3. The Bertz CT molecular complexity index is 703. The van der Waals surface area contributed by atoms with Crippen LogP contribution in [0.25, 0.3) is 0 Å². The number of likely N-dealkylation sites (tertiary alicyclic amines) is 1. The van der Waals surface area contributed by atoms with E-state index in [2.05, 4.69) is 46.9 Å². The van der Waals surface area contributed by atoms with E-state index in [9.17, 15) is 0 Å². The molecule has 116 valence electrons. The lowest BCUT2D eigenvalue weighted by Gasteiger charge is -2.16. The van der Waals surface area contributed by atoms with Gasteiger partial charge in [0.1, 0.15) is 11.8 Å². The molecule has 22 heavy (non-hydrogen) atoms. The number of hydrogen-bond acceptors (Lipinski definition) is 3. The summed E-state index contributed by atoms with van der Waals surface area (Å²) in [7, 11) is 0. The average Bonchev–Trinajstić information content (AvgIpc) is 3.18. The van der Waals surface area contributed by atoms with E-state index in [0.29, 0.717) is 6.04 Å². The number of nitrogens with zero attached hydrogens (tertiary/aromatic N) is 5. The van der Waals surface area contributed by atoms with Gasteiger partial charge in [-0.25, -0.2) is 0 Å². The molecule has 0 saturated carbocycles. The summed E-state index contributed by atoms with van der Waals surface area (Å²) < 4.78 is 4.19. The molecule has 0 radical (unpaired) electrons. The first-order valence-electron chi connectivity index (χ1n) is 7.95. The number of rotatable bonds is 4. The molecule has 1 aliphatic rings. The van der Waals surface area contributed by atoms with Gasteiger partial charge < -0.3 is 4.57 Å². The van der Waals surface area contributed by atoms with Crippen molar-refractivity contribution < 1.29 is 0 Å². The molecule has 0 unspecified atom stereocenters. The first-order valence-corrected chi connectivity index (χ1v) is 7.95. The molecule has 1 fully saturated rings. The van der Waals surface area contributed by atoms with E-state index in [-0.39, 0.29) is 0 Å². The third-order valence-electron chi connectivity index (χ3n) is 4.45. The Morgan fingerprint density at radius 1 is 1.36 bits per heavy atom. The molecular weight excluding hydrogens is 274 g/mol. The maximum Gasteiger partial charge on any atom is 0.120 e. The largest absolute Gasteiger partial charge is 0.339 e. The molecule has 5 nitrogen and oxygen atoms in total. The van der Waals surface area contributed by atoms with Crippen molar-refractivity contribution in [3.63, 3.8) is 0 Å². The van der Waals surface area contributed by atoms with Gasteiger partial charge in [0, 0.05) is 38.1 Å². The number of aromatic nitrogens is 3. The van der Waals surface area contributed by atoms with Gasteiger partial charge in [0.15, 0.2) is 0 Å². The van der Waals surface area contributed by atoms with Crippen LogP contribution in [0.5, 0.6) is 0 Å². The fraction of sp³-hybridized carbons (Fsp3) is 0.529. The Morgan fingerprint density at radius 3 is 2.77 bits per heavy atom. The molecule has 0 amide bonds. The van der Waals surface area contributed by atoms with Crippen molar-refractivity contribution >= 4 is 0 Å². The molecule has 0 aliphatic carbocycles. The molecule has 2 aromatic rings. The van der Waals surface area contributed by atoms with E-state index in [4.69, 9.17) is 5.26 Å². The van der Waals surface area contributed by atoms with Gasteiger partial charge in [-0.3, -0.25) is 9.58 Å². The van der Waals surface area contributed by atoms with Crippen LogP contribution < -0.4 is 0 Å². The highest BCUT2D eigenvalue weighted by Gasteiger charge is 2.25. The molecule has 1 saturated heterocycles. The van der Waals surface area contributed by atoms with E-state index in [1.54, 1.807) is 0 Å². The molecule has 3 heterocycles. The third kappa shape index (κ3) is 2.79. The zero-order valence-electron chi connectivity index (χ0n) is 13.6. The van der Waals surface area contributed by atoms with Crippen molar-refractivity contribution in [1.82, 2.24) is 19.2 Å². The van der Waals surface area contributed by atoms with Gasteiger partial charge in [0.05, 0.1) is 11.7 Å². The average molecular weight is 297 g/mol. The highest BCUT2D eigenvalue weighted by Crippen LogP contribution is 2.24. The van der Waals surface area contributed by atoms with Gasteiger partial charge in [-0.2, -0.15) is 10.4 Å². The second kappa shape index (κ2) is 5.98. The van der Waals surface area contributed by atoms with Gasteiger partial charge in [-0.1, -0.05) is 0 Å². The van der Waals surface area contributed by atoms with E-state index < -0.39 is 0 Å². The predicted molar refractivity (Wildman–Crippen MR) is 85.5 cm³/mol. The topological polar surface area (TPSA) is 49.8 Å². The summed E-state index contributed by atoms with van der Waals surface area (Å²) in [4.78, 5) is 2.46. The van der Waals surface area contributed by atoms with Crippen LogP contribution in [0.15, 0.2) is 18.3 Å². The lowest BCUT2D eigenvalue weighted by molar-refractivity contribution is 0.310. The van der Waals surface area contributed by atoms with Crippen molar-refractivity contribution in [2.24, 2.45) is 0 Å². The summed E-state index contributed by atoms with van der Waals surface area (Å²) >= 11 is 0. The standard InChI is InChI=1S/C17H23N5/c1-4-21-11-15(8-17(21)9-18)10-20-6-5-16(12-20)22-14(3)7-13(2)19-22/h7-8,11,16H,4-6,10,12H2,1-3H3/t16-/m0/s1. The summed E-state index contributed by atoms with van der Waals surface area (Å²) in [6.07, 6.45) is 3.25. The fourth-order valence-electron chi connectivity index (χ4n) is 3.44. The summed E-state index contributed by atoms with van der Waals surface area (Å²) in [6.45, 7) is 10.1. The minimum absolute atomic E-state index is 0.470. The van der Waals surface area contributed by atoms with Crippen molar-refractivity contribution in [2.45, 2.75) is 46.3 Å². The van der Waals surface area contributed by atoms with Crippen LogP contribution in [0.2, 0.25) is 0 Å². The number of hydrogen-bond donors (Lipinski definition) is 0. The summed E-state index contributed by atoms with van der Waals surface area (Å²) in [5.41, 5.74) is 4.32. The van der Waals surface area contributed by atoms with Crippen LogP contribution in [0.3, 0.4) is 0 Å². The van der Waals surface area contributed by atoms with Crippen LogP contribution >= 0.6 is 0 Å². The summed E-state index contributed by atoms with van der Waals surface area (Å²) in [6, 6.07) is 6.89. The van der Waals surface area contributed by atoms with Crippen molar-refractivity contribution in [3.05, 3.63) is 41.0 Å². The maximum absolute atomic E-state index is 9.15. The first kappa shape index (κ1) is 14.9. The maximum atomic E-state index is 9.15. The summed E-state index contributed by atoms with van der Waals surface area (Å²) in [5, 5.41) is 13.8. The van der Waals surface area contributed by atoms with E-state index in [1.165, 1.54) is 11.3 Å². The first-order chi connectivity index (χ1) is 10.6. The van der Waals surface area contributed by atoms with E-state index in [1.807, 2.05) is 17.6 Å². The van der Waals surface area contributed by atoms with Crippen LogP contribution in [0.1, 0.15) is 42.0 Å². The Balaban J connectivity index is 1.67. The lowest BCUT2D eigenvalue weighted by Crippen LogP contribution is -2.21. The SMILES string of the molecule is CCn1cc(CN2CC[C@H](n3nc(C)cc3C)C2)cc1C#N. The van der Waals surface area contributed by atoms with E-state index in [0.717, 1.165) is 44.0 Å². The quantitative estimate of drug-likeness (QED) is 0.871.